The van der Waals surface area contributed by atoms with E-state index in [4.69, 9.17) is 9.47 Å². The SMILES string of the molecule is COC(=O)c1cc(=O)n2c(c1C(=O)OC)-c1[nH]c3ccccc3c1CC2. The standard InChI is InChI=1S/C19H16N2O5/c1-25-18(23)12-9-14(22)21-8-7-11-10-5-3-4-6-13(10)20-16(11)17(21)15(12)19(24)26-2/h3-6,9,20H,7-8H2,1-2H3. The minimum atomic E-state index is -0.755. The minimum Gasteiger partial charge on any atom is -0.465 e. The summed E-state index contributed by atoms with van der Waals surface area (Å²) >= 11 is 0. The number of rotatable bonds is 2. The van der Waals surface area contributed by atoms with Crippen molar-refractivity contribution in [2.24, 2.45) is 0 Å². The molecule has 26 heavy (non-hydrogen) atoms. The molecule has 0 spiro atoms. The average Bonchev–Trinajstić information content (AvgIpc) is 3.05. The largest absolute Gasteiger partial charge is 0.465 e. The number of aromatic nitrogens is 2. The van der Waals surface area contributed by atoms with Gasteiger partial charge in [0.2, 0.25) is 0 Å². The van der Waals surface area contributed by atoms with Gasteiger partial charge in [0.1, 0.15) is 5.56 Å². The van der Waals surface area contributed by atoms with Gasteiger partial charge in [-0.1, -0.05) is 18.2 Å². The highest BCUT2D eigenvalue weighted by molar-refractivity contribution is 6.08. The lowest BCUT2D eigenvalue weighted by molar-refractivity contribution is 0.0554. The number of esters is 2. The lowest BCUT2D eigenvalue weighted by atomic mass is 9.96. The van der Waals surface area contributed by atoms with Crippen molar-refractivity contribution in [1.82, 2.24) is 9.55 Å². The van der Waals surface area contributed by atoms with E-state index in [1.165, 1.54) is 18.8 Å². The van der Waals surface area contributed by atoms with Crippen LogP contribution in [0.5, 0.6) is 0 Å². The fraction of sp³-hybridized carbons (Fsp3) is 0.211. The first kappa shape index (κ1) is 16.1. The van der Waals surface area contributed by atoms with Crippen molar-refractivity contribution < 1.29 is 19.1 Å². The van der Waals surface area contributed by atoms with Gasteiger partial charge in [-0.25, -0.2) is 9.59 Å². The molecule has 0 saturated carbocycles. The van der Waals surface area contributed by atoms with Crippen LogP contribution in [-0.2, 0) is 22.4 Å². The van der Waals surface area contributed by atoms with Crippen LogP contribution in [0.2, 0.25) is 0 Å². The lowest BCUT2D eigenvalue weighted by Gasteiger charge is -2.22. The molecule has 2 aromatic heterocycles. The summed E-state index contributed by atoms with van der Waals surface area (Å²) in [5.41, 5.74) is 2.50. The third-order valence-corrected chi connectivity index (χ3v) is 4.74. The number of fused-ring (bicyclic) bond motifs is 5. The van der Waals surface area contributed by atoms with Crippen molar-refractivity contribution >= 4 is 22.8 Å². The number of methoxy groups -OCH3 is 2. The molecule has 4 rings (SSSR count). The van der Waals surface area contributed by atoms with E-state index in [1.807, 2.05) is 24.3 Å². The molecule has 0 aliphatic carbocycles. The molecule has 0 bridgehead atoms. The molecule has 0 saturated heterocycles. The number of hydrogen-bond acceptors (Lipinski definition) is 5. The molecule has 7 nitrogen and oxygen atoms in total. The number of hydrogen-bond donors (Lipinski definition) is 1. The number of benzene rings is 1. The lowest BCUT2D eigenvalue weighted by Crippen LogP contribution is -2.30. The molecular formula is C19H16N2O5. The first-order valence-electron chi connectivity index (χ1n) is 8.11. The third kappa shape index (κ3) is 2.17. The van der Waals surface area contributed by atoms with Gasteiger partial charge in [-0.2, -0.15) is 0 Å². The minimum absolute atomic E-state index is 0.0338. The van der Waals surface area contributed by atoms with Crippen LogP contribution in [0, 0.1) is 0 Å². The molecule has 0 atom stereocenters. The number of nitrogens with one attached hydrogen (secondary N) is 1. The van der Waals surface area contributed by atoms with Crippen molar-refractivity contribution in [2.75, 3.05) is 14.2 Å². The Balaban J connectivity index is 2.14. The maximum atomic E-state index is 12.6. The first-order chi connectivity index (χ1) is 12.6. The Kier molecular flexibility index (Phi) is 3.64. The Bertz CT molecular complexity index is 1120. The van der Waals surface area contributed by atoms with Gasteiger partial charge < -0.3 is 19.0 Å². The zero-order chi connectivity index (χ0) is 18.4. The van der Waals surface area contributed by atoms with Crippen LogP contribution >= 0.6 is 0 Å². The molecule has 1 aliphatic rings. The van der Waals surface area contributed by atoms with Gasteiger partial charge in [0.15, 0.2) is 0 Å². The van der Waals surface area contributed by atoms with Crippen LogP contribution in [0.1, 0.15) is 26.3 Å². The third-order valence-electron chi connectivity index (χ3n) is 4.74. The van der Waals surface area contributed by atoms with Gasteiger partial charge in [0.05, 0.1) is 31.2 Å². The molecule has 3 heterocycles. The molecule has 3 aromatic rings. The van der Waals surface area contributed by atoms with Gasteiger partial charge in [0.25, 0.3) is 5.56 Å². The van der Waals surface area contributed by atoms with Crippen molar-refractivity contribution in [1.29, 1.82) is 0 Å². The van der Waals surface area contributed by atoms with E-state index >= 15 is 0 Å². The Morgan fingerprint density at radius 3 is 2.58 bits per heavy atom. The number of aromatic amines is 1. The van der Waals surface area contributed by atoms with Gasteiger partial charge in [0, 0.05) is 23.5 Å². The smallest absolute Gasteiger partial charge is 0.340 e. The Labute approximate surface area is 148 Å². The molecule has 0 fully saturated rings. The summed E-state index contributed by atoms with van der Waals surface area (Å²) in [4.78, 5) is 40.6. The molecule has 1 N–H and O–H groups in total. The summed E-state index contributed by atoms with van der Waals surface area (Å²) < 4.78 is 11.1. The van der Waals surface area contributed by atoms with Crippen molar-refractivity contribution in [3.8, 4) is 11.4 Å². The second-order valence-corrected chi connectivity index (χ2v) is 6.03. The summed E-state index contributed by atoms with van der Waals surface area (Å²) in [6.07, 6.45) is 0.643. The topological polar surface area (TPSA) is 90.4 Å². The van der Waals surface area contributed by atoms with E-state index in [0.717, 1.165) is 22.5 Å². The Morgan fingerprint density at radius 2 is 1.85 bits per heavy atom. The van der Waals surface area contributed by atoms with E-state index in [9.17, 15) is 14.4 Å². The predicted octanol–water partition coefficient (Wildman–Crippen LogP) is 2.13. The fourth-order valence-electron chi connectivity index (χ4n) is 3.59. The van der Waals surface area contributed by atoms with Crippen molar-refractivity contribution in [2.45, 2.75) is 13.0 Å². The highest BCUT2D eigenvalue weighted by Gasteiger charge is 2.32. The molecule has 7 heteroatoms. The predicted molar refractivity (Wildman–Crippen MR) is 94.4 cm³/mol. The second kappa shape index (κ2) is 5.87. The van der Waals surface area contributed by atoms with E-state index in [1.54, 1.807) is 0 Å². The Hall–Kier alpha value is -3.35. The summed E-state index contributed by atoms with van der Waals surface area (Å²) in [5, 5.41) is 1.03. The quantitative estimate of drug-likeness (QED) is 0.714. The number of H-pyrrole nitrogens is 1. The Morgan fingerprint density at radius 1 is 1.12 bits per heavy atom. The monoisotopic (exact) mass is 352 g/mol. The number of pyridine rings is 1. The molecule has 1 aromatic carbocycles. The van der Waals surface area contributed by atoms with Gasteiger partial charge in [-0.15, -0.1) is 0 Å². The van der Waals surface area contributed by atoms with Crippen molar-refractivity contribution in [3.05, 3.63) is 57.4 Å². The molecule has 0 radical (unpaired) electrons. The van der Waals surface area contributed by atoms with Gasteiger partial charge in [-0.3, -0.25) is 4.79 Å². The van der Waals surface area contributed by atoms with Gasteiger partial charge >= 0.3 is 11.9 Å². The fourth-order valence-corrected chi connectivity index (χ4v) is 3.59. The number of para-hydroxylation sites is 1. The molecule has 1 aliphatic heterocycles. The van der Waals surface area contributed by atoms with Crippen LogP contribution in [-0.4, -0.2) is 35.7 Å². The summed E-state index contributed by atoms with van der Waals surface area (Å²) in [5.74, 6) is -1.45. The van der Waals surface area contributed by atoms with E-state index in [0.29, 0.717) is 24.4 Å². The maximum Gasteiger partial charge on any atom is 0.340 e. The van der Waals surface area contributed by atoms with Gasteiger partial charge in [-0.05, 0) is 18.1 Å². The number of carbonyl (C=O) groups is 2. The number of ether oxygens (including phenoxy) is 2. The van der Waals surface area contributed by atoms with Crippen LogP contribution < -0.4 is 5.56 Å². The zero-order valence-corrected chi connectivity index (χ0v) is 14.3. The summed E-state index contributed by atoms with van der Waals surface area (Å²) in [6, 6.07) is 8.89. The van der Waals surface area contributed by atoms with E-state index < -0.39 is 11.9 Å². The average molecular weight is 352 g/mol. The van der Waals surface area contributed by atoms with Crippen LogP contribution in [0.25, 0.3) is 22.3 Å². The summed E-state index contributed by atoms with van der Waals surface area (Å²) in [6.45, 7) is 0.411. The van der Waals surface area contributed by atoms with Crippen molar-refractivity contribution in [3.63, 3.8) is 0 Å². The van der Waals surface area contributed by atoms with E-state index in [-0.39, 0.29) is 16.7 Å². The van der Waals surface area contributed by atoms with Crippen LogP contribution in [0.15, 0.2) is 35.1 Å². The molecule has 132 valence electrons. The number of carbonyl (C=O) groups excluding carboxylic acids is 2. The normalized spacial score (nSPS) is 12.4. The first-order valence-corrected chi connectivity index (χ1v) is 8.11. The zero-order valence-electron chi connectivity index (χ0n) is 14.3. The number of nitrogens with zero attached hydrogens (tertiary/aromatic N) is 1. The maximum absolute atomic E-state index is 12.6. The van der Waals surface area contributed by atoms with Crippen LogP contribution in [0.3, 0.4) is 0 Å². The highest BCUT2D eigenvalue weighted by Crippen LogP contribution is 2.36. The second-order valence-electron chi connectivity index (χ2n) is 6.03. The highest BCUT2D eigenvalue weighted by atomic mass is 16.5. The molecule has 0 unspecified atom stereocenters. The summed E-state index contributed by atoms with van der Waals surface area (Å²) in [7, 11) is 2.44. The molecule has 0 amide bonds. The molecular weight excluding hydrogens is 336 g/mol. The number of aryl methyl sites for hydroxylation is 1. The van der Waals surface area contributed by atoms with Crippen LogP contribution in [0.4, 0.5) is 0 Å². The van der Waals surface area contributed by atoms with E-state index in [2.05, 4.69) is 4.98 Å².